The number of aromatic nitrogens is 3. The molecule has 2 aromatic rings. The highest BCUT2D eigenvalue weighted by molar-refractivity contribution is 6.17. The lowest BCUT2D eigenvalue weighted by atomic mass is 9.90. The summed E-state index contributed by atoms with van der Waals surface area (Å²) in [5.74, 6) is 1.64. The minimum Gasteiger partial charge on any atom is -0.312 e. The molecule has 0 unspecified atom stereocenters. The Morgan fingerprint density at radius 3 is 2.83 bits per heavy atom. The van der Waals surface area contributed by atoms with Gasteiger partial charge in [-0.05, 0) is 24.0 Å². The summed E-state index contributed by atoms with van der Waals surface area (Å²) < 4.78 is 2.22. The number of nitrogens with zero attached hydrogens (tertiary/aromatic N) is 3. The van der Waals surface area contributed by atoms with Crippen molar-refractivity contribution in [1.82, 2.24) is 14.5 Å². The standard InChI is InChI=1S/C14H20ClN3/c1-4-14(2,3)10-18-12(7-8-15)17-11-6-5-9-16-13(11)18/h5-6,9H,4,7-8,10H2,1-3H3. The molecule has 0 aliphatic carbocycles. The van der Waals surface area contributed by atoms with Crippen molar-refractivity contribution >= 4 is 22.8 Å². The van der Waals surface area contributed by atoms with Crippen LogP contribution in [0.4, 0.5) is 0 Å². The number of hydrogen-bond acceptors (Lipinski definition) is 2. The van der Waals surface area contributed by atoms with Gasteiger partial charge in [-0.3, -0.25) is 0 Å². The van der Waals surface area contributed by atoms with Gasteiger partial charge in [0.2, 0.25) is 0 Å². The second kappa shape index (κ2) is 5.27. The normalized spacial score (nSPS) is 12.2. The fourth-order valence-corrected chi connectivity index (χ4v) is 2.16. The third kappa shape index (κ3) is 2.66. The Morgan fingerprint density at radius 2 is 2.17 bits per heavy atom. The van der Waals surface area contributed by atoms with Gasteiger partial charge in [-0.25, -0.2) is 9.97 Å². The second-order valence-electron chi connectivity index (χ2n) is 5.42. The molecule has 98 valence electrons. The Balaban J connectivity index is 2.48. The summed E-state index contributed by atoms with van der Waals surface area (Å²) in [5.41, 5.74) is 2.18. The molecule has 0 aromatic carbocycles. The van der Waals surface area contributed by atoms with Crippen LogP contribution in [-0.4, -0.2) is 20.4 Å². The number of alkyl halides is 1. The quantitative estimate of drug-likeness (QED) is 0.773. The lowest BCUT2D eigenvalue weighted by Gasteiger charge is -2.24. The fraction of sp³-hybridized carbons (Fsp3) is 0.571. The molecule has 2 aromatic heterocycles. The Hall–Kier alpha value is -1.09. The van der Waals surface area contributed by atoms with E-state index >= 15 is 0 Å². The molecular weight excluding hydrogens is 246 g/mol. The number of halogens is 1. The average molecular weight is 266 g/mol. The van der Waals surface area contributed by atoms with E-state index in [2.05, 4.69) is 35.3 Å². The molecule has 0 bridgehead atoms. The minimum atomic E-state index is 0.242. The maximum Gasteiger partial charge on any atom is 0.160 e. The maximum atomic E-state index is 5.87. The van der Waals surface area contributed by atoms with Crippen LogP contribution in [0.1, 0.15) is 33.0 Å². The molecule has 2 heterocycles. The number of fused-ring (bicyclic) bond motifs is 1. The van der Waals surface area contributed by atoms with Crippen LogP contribution in [0.25, 0.3) is 11.2 Å². The van der Waals surface area contributed by atoms with Crippen molar-refractivity contribution < 1.29 is 0 Å². The van der Waals surface area contributed by atoms with E-state index in [0.717, 1.165) is 36.4 Å². The van der Waals surface area contributed by atoms with Crippen molar-refractivity contribution in [3.8, 4) is 0 Å². The van der Waals surface area contributed by atoms with Crippen molar-refractivity contribution in [2.75, 3.05) is 5.88 Å². The third-order valence-electron chi connectivity index (χ3n) is 3.44. The first kappa shape index (κ1) is 13.3. The van der Waals surface area contributed by atoms with Crippen LogP contribution in [0.15, 0.2) is 18.3 Å². The van der Waals surface area contributed by atoms with Crippen molar-refractivity contribution in [3.63, 3.8) is 0 Å². The topological polar surface area (TPSA) is 30.7 Å². The highest BCUT2D eigenvalue weighted by atomic mass is 35.5. The first-order valence-corrected chi connectivity index (χ1v) is 6.97. The van der Waals surface area contributed by atoms with E-state index in [4.69, 9.17) is 11.6 Å². The Labute approximate surface area is 113 Å². The number of imidazole rings is 1. The maximum absolute atomic E-state index is 5.87. The zero-order valence-corrected chi connectivity index (χ0v) is 12.0. The zero-order chi connectivity index (χ0) is 13.2. The molecule has 0 aliphatic heterocycles. The minimum absolute atomic E-state index is 0.242. The number of hydrogen-bond donors (Lipinski definition) is 0. The van der Waals surface area contributed by atoms with Gasteiger partial charge in [0.05, 0.1) is 0 Å². The predicted molar refractivity (Wildman–Crippen MR) is 76.0 cm³/mol. The van der Waals surface area contributed by atoms with Gasteiger partial charge >= 0.3 is 0 Å². The molecule has 0 aliphatic rings. The van der Waals surface area contributed by atoms with E-state index in [9.17, 15) is 0 Å². The predicted octanol–water partition coefficient (Wildman–Crippen LogP) is 3.65. The molecule has 0 radical (unpaired) electrons. The average Bonchev–Trinajstić information content (AvgIpc) is 2.68. The molecule has 0 N–H and O–H groups in total. The van der Waals surface area contributed by atoms with Gasteiger partial charge in [-0.15, -0.1) is 11.6 Å². The van der Waals surface area contributed by atoms with Crippen molar-refractivity contribution in [1.29, 1.82) is 0 Å². The van der Waals surface area contributed by atoms with E-state index in [1.807, 2.05) is 18.3 Å². The Bertz CT molecular complexity index is 531. The van der Waals surface area contributed by atoms with Crippen LogP contribution in [0, 0.1) is 5.41 Å². The molecule has 0 amide bonds. The summed E-state index contributed by atoms with van der Waals surface area (Å²) in [6.07, 6.45) is 3.74. The number of rotatable bonds is 5. The van der Waals surface area contributed by atoms with Crippen LogP contribution in [-0.2, 0) is 13.0 Å². The van der Waals surface area contributed by atoms with Crippen molar-refractivity contribution in [2.45, 2.75) is 40.2 Å². The molecule has 0 spiro atoms. The lowest BCUT2D eigenvalue weighted by Crippen LogP contribution is -2.20. The summed E-state index contributed by atoms with van der Waals surface area (Å²) >= 11 is 5.87. The lowest BCUT2D eigenvalue weighted by molar-refractivity contribution is 0.294. The van der Waals surface area contributed by atoms with Crippen LogP contribution < -0.4 is 0 Å². The zero-order valence-electron chi connectivity index (χ0n) is 11.3. The summed E-state index contributed by atoms with van der Waals surface area (Å²) in [4.78, 5) is 9.10. The molecule has 3 nitrogen and oxygen atoms in total. The van der Waals surface area contributed by atoms with Gasteiger partial charge in [-0.2, -0.15) is 0 Å². The fourth-order valence-electron chi connectivity index (χ4n) is 1.99. The molecule has 0 saturated carbocycles. The van der Waals surface area contributed by atoms with Gasteiger partial charge in [0.25, 0.3) is 0 Å². The monoisotopic (exact) mass is 265 g/mol. The van der Waals surface area contributed by atoms with Gasteiger partial charge < -0.3 is 4.57 Å². The molecule has 4 heteroatoms. The molecule has 0 fully saturated rings. The van der Waals surface area contributed by atoms with Gasteiger partial charge in [-0.1, -0.05) is 20.8 Å². The van der Waals surface area contributed by atoms with E-state index in [1.54, 1.807) is 0 Å². The van der Waals surface area contributed by atoms with E-state index in [0.29, 0.717) is 5.88 Å². The molecular formula is C14H20ClN3. The summed E-state index contributed by atoms with van der Waals surface area (Å²) in [6.45, 7) is 7.69. The highest BCUT2D eigenvalue weighted by Crippen LogP contribution is 2.25. The van der Waals surface area contributed by atoms with E-state index in [-0.39, 0.29) is 5.41 Å². The summed E-state index contributed by atoms with van der Waals surface area (Å²) in [6, 6.07) is 3.94. The summed E-state index contributed by atoms with van der Waals surface area (Å²) in [5, 5.41) is 0. The largest absolute Gasteiger partial charge is 0.312 e. The van der Waals surface area contributed by atoms with Gasteiger partial charge in [0.15, 0.2) is 5.65 Å². The highest BCUT2D eigenvalue weighted by Gasteiger charge is 2.20. The van der Waals surface area contributed by atoms with Gasteiger partial charge in [0.1, 0.15) is 11.3 Å². The van der Waals surface area contributed by atoms with Crippen LogP contribution in [0.2, 0.25) is 0 Å². The Kier molecular flexibility index (Phi) is 3.91. The van der Waals surface area contributed by atoms with Crippen LogP contribution in [0.3, 0.4) is 0 Å². The molecule has 0 saturated heterocycles. The van der Waals surface area contributed by atoms with Crippen LogP contribution in [0.5, 0.6) is 0 Å². The summed E-state index contributed by atoms with van der Waals surface area (Å²) in [7, 11) is 0. The number of aryl methyl sites for hydroxylation is 1. The molecule has 2 rings (SSSR count). The van der Waals surface area contributed by atoms with Crippen molar-refractivity contribution in [2.24, 2.45) is 5.41 Å². The van der Waals surface area contributed by atoms with Crippen molar-refractivity contribution in [3.05, 3.63) is 24.2 Å². The first-order valence-electron chi connectivity index (χ1n) is 6.43. The van der Waals surface area contributed by atoms with E-state index < -0.39 is 0 Å². The molecule has 0 atom stereocenters. The van der Waals surface area contributed by atoms with E-state index in [1.165, 1.54) is 0 Å². The third-order valence-corrected chi connectivity index (χ3v) is 3.63. The first-order chi connectivity index (χ1) is 8.57. The van der Waals surface area contributed by atoms with Crippen LogP contribution >= 0.6 is 11.6 Å². The second-order valence-corrected chi connectivity index (χ2v) is 5.80. The number of pyridine rings is 1. The smallest absolute Gasteiger partial charge is 0.160 e. The van der Waals surface area contributed by atoms with Gasteiger partial charge in [0, 0.05) is 25.0 Å². The Morgan fingerprint density at radius 1 is 1.39 bits per heavy atom. The SMILES string of the molecule is CCC(C)(C)Cn1c(CCCl)nc2cccnc21. The molecule has 18 heavy (non-hydrogen) atoms.